The molecule has 1 rings (SSSR count). The van der Waals surface area contributed by atoms with E-state index in [0.717, 1.165) is 11.1 Å². The third kappa shape index (κ3) is 1.53. The Hall–Kier alpha value is -0.760. The number of thiol groups is 1. The minimum atomic E-state index is -0.272. The van der Waals surface area contributed by atoms with Crippen molar-refractivity contribution < 1.29 is 4.39 Å². The molecule has 0 aliphatic heterocycles. The van der Waals surface area contributed by atoms with Crippen molar-refractivity contribution >= 4 is 18.2 Å². The van der Waals surface area contributed by atoms with Gasteiger partial charge >= 0.3 is 0 Å². The molecule has 0 atom stereocenters. The Morgan fingerprint density at radius 1 is 1.50 bits per heavy atom. The number of hydrogen-bond acceptors (Lipinski definition) is 1. The van der Waals surface area contributed by atoms with Crippen LogP contribution in [-0.4, -0.2) is 0 Å². The van der Waals surface area contributed by atoms with E-state index in [4.69, 9.17) is 0 Å². The summed E-state index contributed by atoms with van der Waals surface area (Å²) in [6.07, 6.45) is 0. The molecule has 0 unspecified atom stereocenters. The van der Waals surface area contributed by atoms with Gasteiger partial charge in [-0.05, 0) is 25.0 Å². The molecule has 0 saturated carbocycles. The lowest BCUT2D eigenvalue weighted by atomic mass is 10.1. The molecule has 0 heterocycles. The van der Waals surface area contributed by atoms with Crippen LogP contribution in [0, 0.1) is 12.7 Å². The molecule has 0 aromatic heterocycles. The summed E-state index contributed by atoms with van der Waals surface area (Å²) in [4.78, 5) is 0.413. The van der Waals surface area contributed by atoms with Crippen molar-refractivity contribution in [3.8, 4) is 0 Å². The van der Waals surface area contributed by atoms with E-state index in [0.29, 0.717) is 10.5 Å². The van der Waals surface area contributed by atoms with Crippen molar-refractivity contribution in [1.82, 2.24) is 0 Å². The normalized spacial score (nSPS) is 10.0. The van der Waals surface area contributed by atoms with Gasteiger partial charge < -0.3 is 0 Å². The smallest absolute Gasteiger partial charge is 0.144 e. The summed E-state index contributed by atoms with van der Waals surface area (Å²) in [7, 11) is 0. The molecule has 0 fully saturated rings. The topological polar surface area (TPSA) is 0 Å². The fourth-order valence-corrected chi connectivity index (χ4v) is 1.19. The standard InChI is InChI=1S/C10H11FS/c1-6(2)8-5-4-7(3)10(12)9(8)11/h4-5,12H,1H2,2-3H3. The van der Waals surface area contributed by atoms with E-state index in [-0.39, 0.29) is 5.82 Å². The van der Waals surface area contributed by atoms with Crippen LogP contribution in [-0.2, 0) is 0 Å². The van der Waals surface area contributed by atoms with Gasteiger partial charge in [-0.2, -0.15) is 0 Å². The van der Waals surface area contributed by atoms with Gasteiger partial charge in [-0.1, -0.05) is 18.7 Å². The maximum Gasteiger partial charge on any atom is 0.144 e. The first kappa shape index (κ1) is 9.33. The molecular formula is C10H11FS. The number of rotatable bonds is 1. The van der Waals surface area contributed by atoms with E-state index in [1.54, 1.807) is 13.0 Å². The predicted octanol–water partition coefficient (Wildman–Crippen LogP) is 3.46. The van der Waals surface area contributed by atoms with Crippen molar-refractivity contribution in [2.24, 2.45) is 0 Å². The first-order valence-corrected chi connectivity index (χ1v) is 4.12. The zero-order valence-corrected chi connectivity index (χ0v) is 8.08. The molecule has 0 N–H and O–H groups in total. The van der Waals surface area contributed by atoms with Crippen molar-refractivity contribution in [3.05, 3.63) is 35.7 Å². The molecule has 0 saturated heterocycles. The maximum absolute atomic E-state index is 13.4. The van der Waals surface area contributed by atoms with Crippen molar-refractivity contribution in [3.63, 3.8) is 0 Å². The van der Waals surface area contributed by atoms with Gasteiger partial charge in [-0.25, -0.2) is 4.39 Å². The number of hydrogen-bond donors (Lipinski definition) is 1. The van der Waals surface area contributed by atoms with Crippen LogP contribution in [0.2, 0.25) is 0 Å². The molecule has 0 spiro atoms. The quantitative estimate of drug-likeness (QED) is 0.632. The summed E-state index contributed by atoms with van der Waals surface area (Å²) in [6, 6.07) is 3.57. The third-order valence-electron chi connectivity index (χ3n) is 1.78. The van der Waals surface area contributed by atoms with Crippen LogP contribution in [0.4, 0.5) is 4.39 Å². The molecule has 0 aliphatic carbocycles. The summed E-state index contributed by atoms with van der Waals surface area (Å²) in [5.41, 5.74) is 2.12. The highest BCUT2D eigenvalue weighted by atomic mass is 32.1. The van der Waals surface area contributed by atoms with E-state index in [1.165, 1.54) is 0 Å². The van der Waals surface area contributed by atoms with Gasteiger partial charge in [-0.15, -0.1) is 12.6 Å². The molecule has 2 heteroatoms. The van der Waals surface area contributed by atoms with Gasteiger partial charge in [0.15, 0.2) is 0 Å². The number of halogens is 1. The van der Waals surface area contributed by atoms with Crippen LogP contribution in [0.25, 0.3) is 5.57 Å². The first-order valence-electron chi connectivity index (χ1n) is 3.68. The Morgan fingerprint density at radius 3 is 2.58 bits per heavy atom. The molecule has 0 nitrogen and oxygen atoms in total. The molecule has 1 aromatic carbocycles. The fourth-order valence-electron chi connectivity index (χ4n) is 0.991. The maximum atomic E-state index is 13.4. The molecule has 64 valence electrons. The molecule has 0 aliphatic rings. The lowest BCUT2D eigenvalue weighted by Gasteiger charge is -2.06. The minimum Gasteiger partial charge on any atom is -0.205 e. The highest BCUT2D eigenvalue weighted by Crippen LogP contribution is 2.24. The van der Waals surface area contributed by atoms with Crippen molar-refractivity contribution in [2.45, 2.75) is 18.7 Å². The first-order chi connectivity index (χ1) is 5.54. The Labute approximate surface area is 77.5 Å². The zero-order valence-electron chi connectivity index (χ0n) is 7.19. The third-order valence-corrected chi connectivity index (χ3v) is 2.33. The van der Waals surface area contributed by atoms with Crippen LogP contribution in [0.5, 0.6) is 0 Å². The zero-order chi connectivity index (χ0) is 9.30. The summed E-state index contributed by atoms with van der Waals surface area (Å²) in [5, 5.41) is 0. The average Bonchev–Trinajstić information content (AvgIpc) is 2.00. The monoisotopic (exact) mass is 182 g/mol. The second-order valence-corrected chi connectivity index (χ2v) is 3.32. The Kier molecular flexibility index (Phi) is 2.58. The molecule has 1 aromatic rings. The van der Waals surface area contributed by atoms with Gasteiger partial charge in [0.05, 0.1) is 0 Å². The van der Waals surface area contributed by atoms with Crippen molar-refractivity contribution in [1.29, 1.82) is 0 Å². The molecule has 0 amide bonds. The van der Waals surface area contributed by atoms with E-state index in [1.807, 2.05) is 13.0 Å². The van der Waals surface area contributed by atoms with Crippen LogP contribution >= 0.6 is 12.6 Å². The fraction of sp³-hybridized carbons (Fsp3) is 0.200. The van der Waals surface area contributed by atoms with Crippen LogP contribution < -0.4 is 0 Å². The highest BCUT2D eigenvalue weighted by molar-refractivity contribution is 7.80. The number of benzene rings is 1. The highest BCUT2D eigenvalue weighted by Gasteiger charge is 2.07. The Morgan fingerprint density at radius 2 is 2.08 bits per heavy atom. The van der Waals surface area contributed by atoms with Gasteiger partial charge in [0.25, 0.3) is 0 Å². The summed E-state index contributed by atoms with van der Waals surface area (Å²) in [5.74, 6) is -0.272. The summed E-state index contributed by atoms with van der Waals surface area (Å²) >= 11 is 4.06. The predicted molar refractivity (Wildman–Crippen MR) is 53.1 cm³/mol. The minimum absolute atomic E-state index is 0.272. The van der Waals surface area contributed by atoms with E-state index < -0.39 is 0 Å². The second-order valence-electron chi connectivity index (χ2n) is 2.87. The number of allylic oxidation sites excluding steroid dienone is 1. The van der Waals surface area contributed by atoms with Crippen LogP contribution in [0.1, 0.15) is 18.1 Å². The Bertz CT molecular complexity index is 329. The number of aryl methyl sites for hydroxylation is 1. The van der Waals surface area contributed by atoms with Gasteiger partial charge in [0.2, 0.25) is 0 Å². The van der Waals surface area contributed by atoms with Gasteiger partial charge in [0.1, 0.15) is 5.82 Å². The Balaban J connectivity index is 3.36. The van der Waals surface area contributed by atoms with Crippen molar-refractivity contribution in [2.75, 3.05) is 0 Å². The van der Waals surface area contributed by atoms with E-state index in [2.05, 4.69) is 19.2 Å². The van der Waals surface area contributed by atoms with Gasteiger partial charge in [0, 0.05) is 10.5 Å². The molecule has 0 radical (unpaired) electrons. The second kappa shape index (κ2) is 3.31. The molecular weight excluding hydrogens is 171 g/mol. The lowest BCUT2D eigenvalue weighted by molar-refractivity contribution is 0.596. The lowest BCUT2D eigenvalue weighted by Crippen LogP contribution is -1.90. The SMILES string of the molecule is C=C(C)c1ccc(C)c(S)c1F. The van der Waals surface area contributed by atoms with Gasteiger partial charge in [-0.3, -0.25) is 0 Å². The summed E-state index contributed by atoms with van der Waals surface area (Å²) < 4.78 is 13.4. The van der Waals surface area contributed by atoms with Crippen LogP contribution in [0.3, 0.4) is 0 Å². The van der Waals surface area contributed by atoms with E-state index in [9.17, 15) is 4.39 Å². The molecule has 12 heavy (non-hydrogen) atoms. The van der Waals surface area contributed by atoms with E-state index >= 15 is 0 Å². The van der Waals surface area contributed by atoms with Crippen LogP contribution in [0.15, 0.2) is 23.6 Å². The molecule has 0 bridgehead atoms. The average molecular weight is 182 g/mol. The summed E-state index contributed by atoms with van der Waals surface area (Å²) in [6.45, 7) is 7.29. The largest absolute Gasteiger partial charge is 0.205 e.